The summed E-state index contributed by atoms with van der Waals surface area (Å²) in [4.78, 5) is 8.99. The first-order valence-corrected chi connectivity index (χ1v) is 9.04. The third kappa shape index (κ3) is 4.83. The topological polar surface area (TPSA) is 85.1 Å². The number of pyridine rings is 1. The molecule has 8 heteroatoms. The Morgan fingerprint density at radius 2 is 1.86 bits per heavy atom. The minimum atomic E-state index is -0.457. The molecule has 148 valence electrons. The summed E-state index contributed by atoms with van der Waals surface area (Å²) in [5.41, 5.74) is 3.13. The highest BCUT2D eigenvalue weighted by atomic mass is 19.1. The van der Waals surface area contributed by atoms with Crippen molar-refractivity contribution < 1.29 is 14.2 Å². The van der Waals surface area contributed by atoms with E-state index in [1.807, 2.05) is 26.0 Å². The van der Waals surface area contributed by atoms with Crippen LogP contribution in [-0.4, -0.2) is 38.1 Å². The normalized spacial score (nSPS) is 12.1. The maximum absolute atomic E-state index is 13.8. The Balaban J connectivity index is 1.97. The molecule has 1 aromatic carbocycles. The molecular formula is C20H24FN5O2. The van der Waals surface area contributed by atoms with E-state index in [2.05, 4.69) is 20.4 Å². The van der Waals surface area contributed by atoms with Crippen molar-refractivity contribution in [3.63, 3.8) is 0 Å². The quantitative estimate of drug-likeness (QED) is 0.646. The number of nitrogens with one attached hydrogen (secondary N) is 1. The SMILES string of the molecule is COc1cc(F)cc(Nc2nc(-c3cc(C)nc(C)c3)n(CCC(C)O)n2)c1. The van der Waals surface area contributed by atoms with Gasteiger partial charge < -0.3 is 15.2 Å². The molecule has 3 aromatic rings. The highest BCUT2D eigenvalue weighted by Crippen LogP contribution is 2.25. The smallest absolute Gasteiger partial charge is 0.247 e. The largest absolute Gasteiger partial charge is 0.497 e. The molecule has 0 fully saturated rings. The summed E-state index contributed by atoms with van der Waals surface area (Å²) in [6.07, 6.45) is 0.0777. The highest BCUT2D eigenvalue weighted by Gasteiger charge is 2.15. The van der Waals surface area contributed by atoms with Gasteiger partial charge >= 0.3 is 0 Å². The molecule has 0 aliphatic rings. The lowest BCUT2D eigenvalue weighted by Crippen LogP contribution is -2.10. The molecule has 0 amide bonds. The van der Waals surface area contributed by atoms with Crippen molar-refractivity contribution >= 4 is 11.6 Å². The first-order chi connectivity index (χ1) is 13.3. The number of anilines is 2. The molecule has 0 radical (unpaired) electrons. The number of benzene rings is 1. The van der Waals surface area contributed by atoms with Gasteiger partial charge in [0.15, 0.2) is 5.82 Å². The van der Waals surface area contributed by atoms with Crippen LogP contribution < -0.4 is 10.1 Å². The third-order valence-corrected chi connectivity index (χ3v) is 4.13. The molecule has 3 rings (SSSR count). The number of hydrogen-bond acceptors (Lipinski definition) is 6. The van der Waals surface area contributed by atoms with Crippen molar-refractivity contribution in [3.05, 3.63) is 47.5 Å². The monoisotopic (exact) mass is 385 g/mol. The predicted octanol–water partition coefficient (Wildman–Crippen LogP) is 3.62. The van der Waals surface area contributed by atoms with Gasteiger partial charge in [-0.25, -0.2) is 9.07 Å². The van der Waals surface area contributed by atoms with Crippen LogP contribution in [0.4, 0.5) is 16.0 Å². The number of ether oxygens (including phenoxy) is 1. The number of aliphatic hydroxyl groups excluding tert-OH is 1. The second-order valence-electron chi connectivity index (χ2n) is 6.76. The van der Waals surface area contributed by atoms with E-state index in [1.165, 1.54) is 19.2 Å². The number of rotatable bonds is 7. The van der Waals surface area contributed by atoms with Gasteiger partial charge in [-0.05, 0) is 45.4 Å². The van der Waals surface area contributed by atoms with Crippen LogP contribution in [0.5, 0.6) is 5.75 Å². The van der Waals surface area contributed by atoms with Crippen molar-refractivity contribution in [2.45, 2.75) is 39.8 Å². The zero-order chi connectivity index (χ0) is 20.3. The van der Waals surface area contributed by atoms with Gasteiger partial charge in [-0.1, -0.05) is 0 Å². The van der Waals surface area contributed by atoms with Gasteiger partial charge in [-0.2, -0.15) is 4.98 Å². The van der Waals surface area contributed by atoms with Gasteiger partial charge in [-0.3, -0.25) is 4.98 Å². The number of aryl methyl sites for hydroxylation is 3. The lowest BCUT2D eigenvalue weighted by atomic mass is 10.2. The van der Waals surface area contributed by atoms with Gasteiger partial charge in [0.25, 0.3) is 0 Å². The molecule has 0 bridgehead atoms. The van der Waals surface area contributed by atoms with Crippen molar-refractivity contribution in [1.82, 2.24) is 19.7 Å². The lowest BCUT2D eigenvalue weighted by molar-refractivity contribution is 0.176. The number of halogens is 1. The van der Waals surface area contributed by atoms with Crippen LogP contribution in [0.25, 0.3) is 11.4 Å². The Morgan fingerprint density at radius 1 is 1.14 bits per heavy atom. The predicted molar refractivity (Wildman–Crippen MR) is 105 cm³/mol. The zero-order valence-corrected chi connectivity index (χ0v) is 16.4. The van der Waals surface area contributed by atoms with E-state index in [0.29, 0.717) is 36.2 Å². The Hall–Kier alpha value is -3.00. The number of aliphatic hydroxyl groups is 1. The van der Waals surface area contributed by atoms with Crippen LogP contribution in [0, 0.1) is 19.7 Å². The Labute approximate surface area is 163 Å². The molecule has 0 saturated heterocycles. The van der Waals surface area contributed by atoms with E-state index < -0.39 is 11.9 Å². The molecule has 2 N–H and O–H groups in total. The van der Waals surface area contributed by atoms with E-state index in [4.69, 9.17) is 4.74 Å². The van der Waals surface area contributed by atoms with E-state index in [-0.39, 0.29) is 0 Å². The van der Waals surface area contributed by atoms with Crippen molar-refractivity contribution in [2.24, 2.45) is 0 Å². The summed E-state index contributed by atoms with van der Waals surface area (Å²) in [5.74, 6) is 0.966. The maximum atomic E-state index is 13.8. The fraction of sp³-hybridized carbons (Fsp3) is 0.350. The average Bonchev–Trinajstić information content (AvgIpc) is 3.01. The molecule has 0 aliphatic heterocycles. The van der Waals surface area contributed by atoms with Gasteiger partial charge in [-0.15, -0.1) is 5.10 Å². The van der Waals surface area contributed by atoms with Crippen molar-refractivity contribution in [1.29, 1.82) is 0 Å². The van der Waals surface area contributed by atoms with Crippen LogP contribution in [0.3, 0.4) is 0 Å². The van der Waals surface area contributed by atoms with Gasteiger partial charge in [0.2, 0.25) is 5.95 Å². The molecule has 2 aromatic heterocycles. The summed E-state index contributed by atoms with van der Waals surface area (Å²) in [6.45, 7) is 6.07. The second kappa shape index (κ2) is 8.35. The van der Waals surface area contributed by atoms with E-state index >= 15 is 0 Å². The first kappa shape index (κ1) is 19.8. The zero-order valence-electron chi connectivity index (χ0n) is 16.4. The summed E-state index contributed by atoms with van der Waals surface area (Å²) in [6, 6.07) is 8.18. The molecule has 28 heavy (non-hydrogen) atoms. The number of hydrogen-bond donors (Lipinski definition) is 2. The molecule has 0 aliphatic carbocycles. The minimum Gasteiger partial charge on any atom is -0.497 e. The summed E-state index contributed by atoms with van der Waals surface area (Å²) in [7, 11) is 1.48. The standard InChI is InChI=1S/C20H24FN5O2/c1-12-7-15(8-13(2)22-12)19-24-20(25-26(19)6-5-14(3)27)23-17-9-16(21)10-18(11-17)28-4/h7-11,14,27H,5-6H2,1-4H3,(H,23,25). The van der Waals surface area contributed by atoms with Crippen LogP contribution >= 0.6 is 0 Å². The molecule has 0 spiro atoms. The van der Waals surface area contributed by atoms with Gasteiger partial charge in [0.1, 0.15) is 11.6 Å². The highest BCUT2D eigenvalue weighted by molar-refractivity contribution is 5.61. The minimum absolute atomic E-state index is 0.334. The first-order valence-electron chi connectivity index (χ1n) is 9.04. The second-order valence-corrected chi connectivity index (χ2v) is 6.76. The Morgan fingerprint density at radius 3 is 2.50 bits per heavy atom. The summed E-state index contributed by atoms with van der Waals surface area (Å²) in [5, 5.41) is 17.2. The Kier molecular flexibility index (Phi) is 5.89. The fourth-order valence-corrected chi connectivity index (χ4v) is 2.92. The number of nitrogens with zero attached hydrogens (tertiary/aromatic N) is 4. The molecule has 7 nitrogen and oxygen atoms in total. The molecular weight excluding hydrogens is 361 g/mol. The number of methoxy groups -OCH3 is 1. The summed E-state index contributed by atoms with van der Waals surface area (Å²) < 4.78 is 20.6. The molecule has 1 atom stereocenters. The van der Waals surface area contributed by atoms with E-state index in [0.717, 1.165) is 17.0 Å². The van der Waals surface area contributed by atoms with Crippen molar-refractivity contribution in [2.75, 3.05) is 12.4 Å². The summed E-state index contributed by atoms with van der Waals surface area (Å²) >= 11 is 0. The van der Waals surface area contributed by atoms with Gasteiger partial charge in [0.05, 0.1) is 13.2 Å². The Bertz CT molecular complexity index is 951. The van der Waals surface area contributed by atoms with E-state index in [1.54, 1.807) is 17.7 Å². The molecule has 0 saturated carbocycles. The van der Waals surface area contributed by atoms with Crippen LogP contribution in [0.1, 0.15) is 24.7 Å². The molecule has 2 heterocycles. The van der Waals surface area contributed by atoms with Crippen LogP contribution in [-0.2, 0) is 6.54 Å². The maximum Gasteiger partial charge on any atom is 0.247 e. The van der Waals surface area contributed by atoms with Crippen LogP contribution in [0.15, 0.2) is 30.3 Å². The molecule has 1 unspecified atom stereocenters. The average molecular weight is 385 g/mol. The van der Waals surface area contributed by atoms with E-state index in [9.17, 15) is 9.50 Å². The number of aromatic nitrogens is 4. The van der Waals surface area contributed by atoms with Crippen molar-refractivity contribution in [3.8, 4) is 17.1 Å². The fourth-order valence-electron chi connectivity index (χ4n) is 2.92. The lowest BCUT2D eigenvalue weighted by Gasteiger charge is -2.08. The van der Waals surface area contributed by atoms with Crippen LogP contribution in [0.2, 0.25) is 0 Å². The van der Waals surface area contributed by atoms with Gasteiger partial charge in [0, 0.05) is 41.3 Å². The third-order valence-electron chi connectivity index (χ3n) is 4.13.